The number of amides is 2. The van der Waals surface area contributed by atoms with Crippen LogP contribution < -0.4 is 37.5 Å². The fourth-order valence-corrected chi connectivity index (χ4v) is 12.6. The van der Waals surface area contributed by atoms with E-state index in [1.165, 1.54) is 30.5 Å². The molecule has 1 aliphatic carbocycles. The molecule has 1 aromatic heterocycles. The van der Waals surface area contributed by atoms with Crippen molar-refractivity contribution >= 4 is 86.5 Å². The molecule has 3 unspecified atom stereocenters. The molecule has 2 aromatic carbocycles. The smallest absolute Gasteiger partial charge is 0.470 e. The maximum atomic E-state index is 13.3. The summed E-state index contributed by atoms with van der Waals surface area (Å²) >= 11 is 0. The molecule has 0 spiro atoms. The molecule has 33 nitrogen and oxygen atoms in total. The first-order valence-electron chi connectivity index (χ1n) is 26.6. The van der Waals surface area contributed by atoms with E-state index >= 15 is 0 Å². The molecule has 5 atom stereocenters. The summed E-state index contributed by atoms with van der Waals surface area (Å²) in [6, 6.07) is 10.8. The minimum absolute atomic E-state index is 0.0166. The molecule has 1 fully saturated rings. The number of benzene rings is 3. The van der Waals surface area contributed by atoms with Gasteiger partial charge in [-0.1, -0.05) is 28.9 Å². The minimum Gasteiger partial charge on any atom is -0.744 e. The number of nitrogen functional groups attached to an aromatic ring is 1. The highest BCUT2D eigenvalue weighted by Crippen LogP contribution is 2.47. The predicted octanol–water partition coefficient (Wildman–Crippen LogP) is -0.991. The van der Waals surface area contributed by atoms with Crippen molar-refractivity contribution < 1.29 is 122 Å². The van der Waals surface area contributed by atoms with E-state index in [0.717, 1.165) is 16.7 Å². The molecule has 0 saturated carbocycles. The maximum Gasteiger partial charge on any atom is 0.470 e. The quantitative estimate of drug-likeness (QED) is 0.00753. The number of carboxylic acid groups (broad SMARTS) is 1. The molecular weight excluding hydrogens is 1270 g/mol. The van der Waals surface area contributed by atoms with Crippen molar-refractivity contribution in [2.75, 3.05) is 90.6 Å². The number of phosphoric acid groups is 2. The van der Waals surface area contributed by atoms with Crippen LogP contribution in [0, 0.1) is 0 Å². The highest BCUT2D eigenvalue weighted by molar-refractivity contribution is 8.13. The monoisotopic (exact) mass is 1340 g/mol. The Morgan fingerprint density at radius 1 is 0.875 bits per heavy atom. The van der Waals surface area contributed by atoms with Crippen LogP contribution in [0.1, 0.15) is 65.1 Å². The van der Waals surface area contributed by atoms with Gasteiger partial charge in [-0.3, -0.25) is 37.9 Å². The number of fused-ring (bicyclic) bond motifs is 2. The molecule has 6 rings (SSSR count). The van der Waals surface area contributed by atoms with Crippen molar-refractivity contribution in [2.45, 2.75) is 73.4 Å². The van der Waals surface area contributed by atoms with Gasteiger partial charge in [0.05, 0.1) is 75.7 Å². The molecule has 1 saturated heterocycles. The second-order valence-corrected chi connectivity index (χ2v) is 26.3. The number of anilines is 1. The number of unbranched alkanes of at least 4 members (excludes halogenated alkanes) is 1. The fraction of sp³-hybridized carbons (Fsp3) is 0.460. The van der Waals surface area contributed by atoms with Crippen molar-refractivity contribution in [1.29, 1.82) is 0 Å². The lowest BCUT2D eigenvalue weighted by Crippen LogP contribution is -2.46. The second-order valence-electron chi connectivity index (χ2n) is 19.1. The van der Waals surface area contributed by atoms with Gasteiger partial charge in [0, 0.05) is 66.0 Å². The number of aromatic nitrogens is 2. The van der Waals surface area contributed by atoms with Crippen molar-refractivity contribution in [3.8, 4) is 22.5 Å². The summed E-state index contributed by atoms with van der Waals surface area (Å²) in [5.74, 6) is -3.03. The van der Waals surface area contributed by atoms with Crippen LogP contribution in [0.4, 0.5) is 5.82 Å². The third-order valence-corrected chi connectivity index (χ3v) is 17.4. The van der Waals surface area contributed by atoms with Crippen LogP contribution in [-0.4, -0.2) is 192 Å². The van der Waals surface area contributed by atoms with Crippen LogP contribution in [0.3, 0.4) is 0 Å². The number of rotatable bonds is 36. The molecule has 2 aliphatic heterocycles. The first kappa shape index (κ1) is 71.3. The van der Waals surface area contributed by atoms with Crippen LogP contribution in [0.15, 0.2) is 73.7 Å². The van der Waals surface area contributed by atoms with Gasteiger partial charge in [-0.2, -0.15) is 13.4 Å². The van der Waals surface area contributed by atoms with Crippen LogP contribution in [0.2, 0.25) is 0 Å². The molecule has 0 bridgehead atoms. The van der Waals surface area contributed by atoms with Crippen molar-refractivity contribution in [2.24, 2.45) is 0 Å². The maximum absolute atomic E-state index is 13.3. The summed E-state index contributed by atoms with van der Waals surface area (Å²) in [6.07, 6.45) is -5.08. The van der Waals surface area contributed by atoms with Gasteiger partial charge in [0.15, 0.2) is 17.6 Å². The van der Waals surface area contributed by atoms with Crippen LogP contribution in [0.5, 0.6) is 0 Å². The predicted molar refractivity (Wildman–Crippen MR) is 309 cm³/mol. The molecule has 0 radical (unpaired) electrons. The number of nitrogens with zero attached hydrogens (tertiary/aromatic N) is 2. The standard InChI is InChI=1S/C50H67N7O26P2S3/c1-2-86(55-16-3-4-26-87(70,71)72)45-36(51)13-12-34-40(33-8-5-9-38(88(73,74)75)42(33)82-43(34)45)32-11-10-30(27-35(32)49(61)62)47(60)54-17-19-77-21-23-79-25-24-78-22-20-76-18-14-39(58)53-15-6-7-31-28-57(50(63)56-46(31)52)48-41(59)44(83-85(67,68)69)37(81-48)29-80-84(64,65)66/h2,5,8-13,27-28,37,41,44,48,51,55,59H,3-4,6-7,14-26,29H2,1H3,(H,53,58)(H,54,60)(H,61,62)(H2,52,56,63)(H2,64,65,66)(H2,67,68,69)(H,70,71,72)(H,73,74,75)/t37-,41?,44?,48-,86?/m1/s1. The summed E-state index contributed by atoms with van der Waals surface area (Å²) in [5.41, 5.74) is 4.89. The zero-order chi connectivity index (χ0) is 64.6. The molecule has 2 amide bonds. The molecule has 14 N–H and O–H groups in total. The number of aliphatic hydroxyl groups is 1. The molecule has 486 valence electrons. The second kappa shape index (κ2) is 32.3. The van der Waals surface area contributed by atoms with Crippen molar-refractivity contribution in [3.05, 3.63) is 87.3 Å². The lowest BCUT2D eigenvalue weighted by Gasteiger charge is -2.21. The molecule has 3 heterocycles. The number of phosphoric ester groups is 2. The number of nitrogens with one attached hydrogen (secondary N) is 3. The minimum atomic E-state index is -5.28. The Kier molecular flexibility index (Phi) is 26.1. The van der Waals surface area contributed by atoms with Crippen molar-refractivity contribution in [1.82, 2.24) is 24.9 Å². The lowest BCUT2D eigenvalue weighted by atomic mass is 9.89. The van der Waals surface area contributed by atoms with Gasteiger partial charge in [0.1, 0.15) is 39.1 Å². The number of aromatic carboxylic acids is 1. The molecule has 3 aliphatic rings. The van der Waals surface area contributed by atoms with Gasteiger partial charge >= 0.3 is 27.3 Å². The summed E-state index contributed by atoms with van der Waals surface area (Å²) < 4.78 is 139. The number of carbonyl (C=O) groups excluding carboxylic acids is 2. The number of aryl methyl sites for hydroxylation is 1. The van der Waals surface area contributed by atoms with Crippen LogP contribution in [-0.2, 0) is 73.3 Å². The fourth-order valence-electron chi connectivity index (χ4n) is 8.90. The average molecular weight is 1340 g/mol. The topological polar surface area (TPSA) is 519 Å². The molecule has 3 aromatic rings. The Labute approximate surface area is 504 Å². The van der Waals surface area contributed by atoms with Gasteiger partial charge in [-0.25, -0.2) is 27.1 Å². The Balaban J connectivity index is 0.891. The SMILES string of the molecule is C/C=S(\NCCCCS(=O)(=O)O)c1c2oc3c(S(=O)(=O)[O-])cccc3c(-c3ccc(C(=O)NCCOCCOCCOCCOCCC(=O)NCCCc4cn([C@@H]5O[C@H](COP(=O)(O)O)C(OP(=O)(O)O)C5O)c(=O)nc4N)cc3C(=O)O)c-2ccc1=[NH2+]. The van der Waals surface area contributed by atoms with E-state index in [1.54, 1.807) is 24.4 Å². The number of carbonyl (C=O) groups is 3. The largest absolute Gasteiger partial charge is 0.744 e. The van der Waals surface area contributed by atoms with E-state index in [9.17, 15) is 69.7 Å². The number of para-hydroxylation sites is 1. The summed E-state index contributed by atoms with van der Waals surface area (Å²) in [4.78, 5) is 91.5. The number of nitrogens with two attached hydrogens (primary N) is 2. The first-order valence-corrected chi connectivity index (χ1v) is 34.0. The first-order chi connectivity index (χ1) is 41.5. The van der Waals surface area contributed by atoms with E-state index in [2.05, 4.69) is 29.4 Å². The van der Waals surface area contributed by atoms with Gasteiger partial charge in [-0.15, -0.1) is 0 Å². The Morgan fingerprint density at radius 2 is 1.53 bits per heavy atom. The summed E-state index contributed by atoms with van der Waals surface area (Å²) in [7, 11) is -20.8. The summed E-state index contributed by atoms with van der Waals surface area (Å²) in [6.45, 7) is 2.47. The molecule has 88 heavy (non-hydrogen) atoms. The van der Waals surface area contributed by atoms with E-state index in [0.29, 0.717) is 17.7 Å². The molecular formula is C50H67N7O26P2S3. The number of aliphatic hydroxyl groups excluding tert-OH is 1. The normalized spacial score (nSPS) is 17.0. The van der Waals surface area contributed by atoms with Gasteiger partial charge in [0.25, 0.3) is 16.0 Å². The third kappa shape index (κ3) is 20.9. The van der Waals surface area contributed by atoms with Crippen molar-refractivity contribution in [3.63, 3.8) is 0 Å². The van der Waals surface area contributed by atoms with Gasteiger partial charge in [-0.05, 0) is 67.8 Å². The van der Waals surface area contributed by atoms with Gasteiger partial charge in [0.2, 0.25) is 11.3 Å². The highest BCUT2D eigenvalue weighted by atomic mass is 32.2. The Bertz CT molecular complexity index is 3750. The summed E-state index contributed by atoms with van der Waals surface area (Å²) in [5, 5.41) is 35.2. The number of hydrogen-bond acceptors (Lipinski definition) is 23. The Morgan fingerprint density at radius 3 is 2.16 bits per heavy atom. The van der Waals surface area contributed by atoms with E-state index < -0.39 is 106 Å². The Hall–Kier alpha value is -5.80. The van der Waals surface area contributed by atoms with Crippen LogP contribution >= 0.6 is 26.3 Å². The highest BCUT2D eigenvalue weighted by Gasteiger charge is 2.49. The zero-order valence-electron chi connectivity index (χ0n) is 46.9. The van der Waals surface area contributed by atoms with Crippen LogP contribution in [0.25, 0.3) is 33.4 Å². The lowest BCUT2D eigenvalue weighted by molar-refractivity contribution is -0.176. The third-order valence-electron chi connectivity index (χ3n) is 12.8. The van der Waals surface area contributed by atoms with E-state index in [4.69, 9.17) is 53.6 Å². The molecule has 38 heteroatoms. The van der Waals surface area contributed by atoms with Gasteiger partial charge < -0.3 is 78.8 Å². The number of hydrogen-bond donors (Lipinski definition) is 12. The van der Waals surface area contributed by atoms with E-state index in [1.807, 2.05) is 0 Å². The zero-order valence-corrected chi connectivity index (χ0v) is 51.1. The number of carboxylic acids is 1. The van der Waals surface area contributed by atoms with E-state index in [-0.39, 0.29) is 159 Å². The number of ether oxygens (including phenoxy) is 5. The average Bonchev–Trinajstić information content (AvgIpc) is 2.12.